The van der Waals surface area contributed by atoms with E-state index < -0.39 is 0 Å². The SMILES string of the molecule is CCc1cc(NC2CCNC2)n2nc(C(C)(C)C)cc2n1. The average molecular weight is 287 g/mol. The highest BCUT2D eigenvalue weighted by Crippen LogP contribution is 2.24. The van der Waals surface area contributed by atoms with E-state index in [1.807, 2.05) is 4.52 Å². The molecule has 114 valence electrons. The third kappa shape index (κ3) is 2.88. The third-order valence-corrected chi connectivity index (χ3v) is 4.02. The summed E-state index contributed by atoms with van der Waals surface area (Å²) in [6, 6.07) is 4.71. The topological polar surface area (TPSA) is 54.2 Å². The minimum absolute atomic E-state index is 0.0340. The summed E-state index contributed by atoms with van der Waals surface area (Å²) in [4.78, 5) is 4.71. The highest BCUT2D eigenvalue weighted by molar-refractivity contribution is 5.52. The van der Waals surface area contributed by atoms with E-state index in [4.69, 9.17) is 10.1 Å². The molecule has 3 rings (SSSR count). The van der Waals surface area contributed by atoms with Crippen LogP contribution in [-0.2, 0) is 11.8 Å². The second-order valence-electron chi connectivity index (χ2n) is 6.87. The monoisotopic (exact) mass is 287 g/mol. The van der Waals surface area contributed by atoms with Crippen molar-refractivity contribution < 1.29 is 0 Å². The van der Waals surface area contributed by atoms with Crippen LogP contribution in [0.5, 0.6) is 0 Å². The standard InChI is InChI=1S/C16H25N5/c1-5-11-8-14(19-12-6-7-17-10-12)21-15(18-11)9-13(20-21)16(2,3)4/h8-9,12,17,19H,5-7,10H2,1-4H3. The molecular formula is C16H25N5. The van der Waals surface area contributed by atoms with Crippen molar-refractivity contribution in [2.24, 2.45) is 0 Å². The molecule has 1 aliphatic rings. The first-order valence-electron chi connectivity index (χ1n) is 7.85. The molecule has 5 heteroatoms. The number of fused-ring (bicyclic) bond motifs is 1. The Morgan fingerprint density at radius 3 is 2.81 bits per heavy atom. The fourth-order valence-corrected chi connectivity index (χ4v) is 2.66. The zero-order valence-electron chi connectivity index (χ0n) is 13.4. The van der Waals surface area contributed by atoms with E-state index in [-0.39, 0.29) is 5.41 Å². The summed E-state index contributed by atoms with van der Waals surface area (Å²) >= 11 is 0. The van der Waals surface area contributed by atoms with Gasteiger partial charge in [-0.3, -0.25) is 0 Å². The normalized spacial score (nSPS) is 19.3. The van der Waals surface area contributed by atoms with Gasteiger partial charge in [0.1, 0.15) is 5.82 Å². The van der Waals surface area contributed by atoms with Crippen molar-refractivity contribution in [2.75, 3.05) is 18.4 Å². The maximum atomic E-state index is 4.77. The van der Waals surface area contributed by atoms with Crippen LogP contribution in [0.2, 0.25) is 0 Å². The molecule has 1 unspecified atom stereocenters. The molecular weight excluding hydrogens is 262 g/mol. The molecule has 3 heterocycles. The molecule has 21 heavy (non-hydrogen) atoms. The lowest BCUT2D eigenvalue weighted by molar-refractivity contribution is 0.562. The number of nitrogens with zero attached hydrogens (tertiary/aromatic N) is 3. The van der Waals surface area contributed by atoms with E-state index in [0.717, 1.165) is 48.8 Å². The molecule has 2 N–H and O–H groups in total. The molecule has 1 aliphatic heterocycles. The molecule has 2 aromatic rings. The van der Waals surface area contributed by atoms with E-state index in [1.165, 1.54) is 0 Å². The molecule has 5 nitrogen and oxygen atoms in total. The molecule has 0 aliphatic carbocycles. The third-order valence-electron chi connectivity index (χ3n) is 4.02. The molecule has 0 amide bonds. The van der Waals surface area contributed by atoms with Gasteiger partial charge in [-0.1, -0.05) is 27.7 Å². The molecule has 0 spiro atoms. The van der Waals surface area contributed by atoms with E-state index in [1.54, 1.807) is 0 Å². The Hall–Kier alpha value is -1.62. The summed E-state index contributed by atoms with van der Waals surface area (Å²) in [6.45, 7) is 10.8. The largest absolute Gasteiger partial charge is 0.366 e. The van der Waals surface area contributed by atoms with Crippen LogP contribution in [0, 0.1) is 0 Å². The van der Waals surface area contributed by atoms with Gasteiger partial charge in [-0.2, -0.15) is 9.61 Å². The average Bonchev–Trinajstić information content (AvgIpc) is 3.06. The van der Waals surface area contributed by atoms with Crippen LogP contribution in [0.4, 0.5) is 5.82 Å². The van der Waals surface area contributed by atoms with Crippen molar-refractivity contribution in [1.29, 1.82) is 0 Å². The maximum Gasteiger partial charge on any atom is 0.157 e. The van der Waals surface area contributed by atoms with Crippen molar-refractivity contribution in [3.8, 4) is 0 Å². The minimum Gasteiger partial charge on any atom is -0.366 e. The van der Waals surface area contributed by atoms with Crippen LogP contribution in [0.3, 0.4) is 0 Å². The highest BCUT2D eigenvalue weighted by Gasteiger charge is 2.21. The Balaban J connectivity index is 2.05. The summed E-state index contributed by atoms with van der Waals surface area (Å²) < 4.78 is 1.96. The summed E-state index contributed by atoms with van der Waals surface area (Å²) in [6.07, 6.45) is 2.09. The highest BCUT2D eigenvalue weighted by atomic mass is 15.3. The van der Waals surface area contributed by atoms with Gasteiger partial charge in [-0.15, -0.1) is 0 Å². The zero-order valence-corrected chi connectivity index (χ0v) is 13.4. The lowest BCUT2D eigenvalue weighted by atomic mass is 9.93. The smallest absolute Gasteiger partial charge is 0.157 e. The van der Waals surface area contributed by atoms with Crippen LogP contribution < -0.4 is 10.6 Å². The van der Waals surface area contributed by atoms with Gasteiger partial charge >= 0.3 is 0 Å². The molecule has 0 bridgehead atoms. The Kier molecular flexibility index (Phi) is 3.61. The fraction of sp³-hybridized carbons (Fsp3) is 0.625. The van der Waals surface area contributed by atoms with Gasteiger partial charge in [0.2, 0.25) is 0 Å². The lowest BCUT2D eigenvalue weighted by Gasteiger charge is -2.15. The fourth-order valence-electron chi connectivity index (χ4n) is 2.66. The number of nitrogens with one attached hydrogen (secondary N) is 2. The Morgan fingerprint density at radius 1 is 1.38 bits per heavy atom. The Labute approximate surface area is 126 Å². The number of anilines is 1. The summed E-state index contributed by atoms with van der Waals surface area (Å²) in [7, 11) is 0. The van der Waals surface area contributed by atoms with Gasteiger partial charge in [0.15, 0.2) is 5.65 Å². The van der Waals surface area contributed by atoms with Crippen LogP contribution in [0.15, 0.2) is 12.1 Å². The Bertz CT molecular complexity index is 632. The first-order chi connectivity index (χ1) is 9.97. The number of hydrogen-bond donors (Lipinski definition) is 2. The predicted octanol–water partition coefficient (Wildman–Crippen LogP) is 2.36. The van der Waals surface area contributed by atoms with Crippen molar-refractivity contribution in [1.82, 2.24) is 19.9 Å². The molecule has 1 atom stereocenters. The van der Waals surface area contributed by atoms with Gasteiger partial charge < -0.3 is 10.6 Å². The number of hydrogen-bond acceptors (Lipinski definition) is 4. The van der Waals surface area contributed by atoms with Crippen molar-refractivity contribution in [3.05, 3.63) is 23.5 Å². The maximum absolute atomic E-state index is 4.77. The van der Waals surface area contributed by atoms with Gasteiger partial charge in [-0.05, 0) is 19.4 Å². The molecule has 0 saturated carbocycles. The van der Waals surface area contributed by atoms with Gasteiger partial charge in [0, 0.05) is 35.8 Å². The molecule has 2 aromatic heterocycles. The number of aryl methyl sites for hydroxylation is 1. The van der Waals surface area contributed by atoms with Gasteiger partial charge in [0.25, 0.3) is 0 Å². The molecule has 1 saturated heterocycles. The second kappa shape index (κ2) is 5.30. The van der Waals surface area contributed by atoms with Crippen molar-refractivity contribution in [2.45, 2.75) is 52.0 Å². The van der Waals surface area contributed by atoms with E-state index >= 15 is 0 Å². The van der Waals surface area contributed by atoms with Crippen LogP contribution >= 0.6 is 0 Å². The second-order valence-corrected chi connectivity index (χ2v) is 6.87. The summed E-state index contributed by atoms with van der Waals surface area (Å²) in [5, 5.41) is 11.8. The quantitative estimate of drug-likeness (QED) is 0.910. The number of rotatable bonds is 3. The van der Waals surface area contributed by atoms with Gasteiger partial charge in [0.05, 0.1) is 5.69 Å². The van der Waals surface area contributed by atoms with Crippen LogP contribution in [0.1, 0.15) is 45.5 Å². The number of aromatic nitrogens is 3. The van der Waals surface area contributed by atoms with Crippen LogP contribution in [0.25, 0.3) is 5.65 Å². The predicted molar refractivity (Wildman–Crippen MR) is 86.0 cm³/mol. The first kappa shape index (κ1) is 14.3. The summed E-state index contributed by atoms with van der Waals surface area (Å²) in [5.74, 6) is 1.06. The van der Waals surface area contributed by atoms with Gasteiger partial charge in [-0.25, -0.2) is 4.98 Å². The Morgan fingerprint density at radius 2 is 2.19 bits per heavy atom. The van der Waals surface area contributed by atoms with Crippen molar-refractivity contribution >= 4 is 11.5 Å². The molecule has 0 radical (unpaired) electrons. The first-order valence-corrected chi connectivity index (χ1v) is 7.85. The summed E-state index contributed by atoms with van der Waals surface area (Å²) in [5.41, 5.74) is 3.16. The van der Waals surface area contributed by atoms with E-state index in [2.05, 4.69) is 50.5 Å². The lowest BCUT2D eigenvalue weighted by Crippen LogP contribution is -2.24. The van der Waals surface area contributed by atoms with E-state index in [0.29, 0.717) is 6.04 Å². The molecule has 1 fully saturated rings. The molecule has 0 aromatic carbocycles. The van der Waals surface area contributed by atoms with Crippen LogP contribution in [-0.4, -0.2) is 33.7 Å². The minimum atomic E-state index is 0.0340. The van der Waals surface area contributed by atoms with Crippen molar-refractivity contribution in [3.63, 3.8) is 0 Å². The van der Waals surface area contributed by atoms with E-state index in [9.17, 15) is 0 Å². The zero-order chi connectivity index (χ0) is 15.0.